The normalized spacial score (nSPS) is 24.1. The van der Waals surface area contributed by atoms with E-state index < -0.39 is 6.17 Å². The number of alkyl halides is 1. The van der Waals surface area contributed by atoms with E-state index in [2.05, 4.69) is 40.0 Å². The molecule has 2 saturated carbocycles. The summed E-state index contributed by atoms with van der Waals surface area (Å²) in [6.45, 7) is 2.31. The van der Waals surface area contributed by atoms with Crippen LogP contribution in [0.15, 0.2) is 42.7 Å². The standard InChI is InChI=1S/C21H23FN4/c1-21(9-10-21)14-8-11-26-18(13-23-20(26)12-14)17-6-3-7-19(25-17)24-16-5-2-4-15(16)22/h3,6-8,11-13,15-16H,2,4-5,9-10H2,1H3,(H,24,25)/t15-,16-/m0/s1. The van der Waals surface area contributed by atoms with Gasteiger partial charge in [0.25, 0.3) is 0 Å². The van der Waals surface area contributed by atoms with Gasteiger partial charge < -0.3 is 5.32 Å². The molecule has 4 nitrogen and oxygen atoms in total. The molecule has 2 aliphatic carbocycles. The average Bonchev–Trinajstić information content (AvgIpc) is 3.08. The van der Waals surface area contributed by atoms with Crippen molar-refractivity contribution < 1.29 is 4.39 Å². The maximum absolute atomic E-state index is 13.9. The molecule has 0 radical (unpaired) electrons. The molecule has 0 spiro atoms. The highest BCUT2D eigenvalue weighted by molar-refractivity contribution is 5.62. The number of anilines is 1. The molecule has 0 aromatic carbocycles. The highest BCUT2D eigenvalue weighted by Crippen LogP contribution is 2.47. The minimum absolute atomic E-state index is 0.123. The van der Waals surface area contributed by atoms with Gasteiger partial charge in [-0.05, 0) is 67.3 Å². The van der Waals surface area contributed by atoms with Crippen LogP contribution in [-0.2, 0) is 5.41 Å². The predicted molar refractivity (Wildman–Crippen MR) is 101 cm³/mol. The van der Waals surface area contributed by atoms with Crippen LogP contribution in [0.5, 0.6) is 0 Å². The summed E-state index contributed by atoms with van der Waals surface area (Å²) >= 11 is 0. The third-order valence-corrected chi connectivity index (χ3v) is 5.99. The lowest BCUT2D eigenvalue weighted by Crippen LogP contribution is -2.25. The summed E-state index contributed by atoms with van der Waals surface area (Å²) in [5, 5.41) is 3.26. The number of nitrogens with zero attached hydrogens (tertiary/aromatic N) is 3. The van der Waals surface area contributed by atoms with E-state index in [0.29, 0.717) is 11.8 Å². The quantitative estimate of drug-likeness (QED) is 0.738. The molecule has 0 unspecified atom stereocenters. The van der Waals surface area contributed by atoms with Crippen molar-refractivity contribution in [3.8, 4) is 11.4 Å². The molecule has 5 rings (SSSR count). The number of nitrogens with one attached hydrogen (secondary N) is 1. The first-order valence-corrected chi connectivity index (χ1v) is 9.48. The minimum Gasteiger partial charge on any atom is -0.364 e. The van der Waals surface area contributed by atoms with Crippen molar-refractivity contribution in [1.82, 2.24) is 14.4 Å². The Balaban J connectivity index is 1.47. The van der Waals surface area contributed by atoms with E-state index in [4.69, 9.17) is 4.98 Å². The van der Waals surface area contributed by atoms with Crippen molar-refractivity contribution in [2.75, 3.05) is 5.32 Å². The second kappa shape index (κ2) is 5.79. The summed E-state index contributed by atoms with van der Waals surface area (Å²) in [6.07, 6.45) is 8.13. The Morgan fingerprint density at radius 2 is 2.12 bits per heavy atom. The fourth-order valence-corrected chi connectivity index (χ4v) is 3.95. The maximum Gasteiger partial charge on any atom is 0.137 e. The lowest BCUT2D eigenvalue weighted by Gasteiger charge is -2.16. The van der Waals surface area contributed by atoms with Crippen LogP contribution < -0.4 is 5.32 Å². The number of hydrogen-bond donors (Lipinski definition) is 1. The van der Waals surface area contributed by atoms with Gasteiger partial charge in [-0.3, -0.25) is 4.40 Å². The third-order valence-electron chi connectivity index (χ3n) is 5.99. The number of rotatable bonds is 4. The second-order valence-corrected chi connectivity index (χ2v) is 7.95. The van der Waals surface area contributed by atoms with Crippen molar-refractivity contribution in [1.29, 1.82) is 0 Å². The first-order valence-electron chi connectivity index (χ1n) is 9.48. The molecule has 26 heavy (non-hydrogen) atoms. The third kappa shape index (κ3) is 2.66. The first-order chi connectivity index (χ1) is 12.6. The molecule has 2 atom stereocenters. The smallest absolute Gasteiger partial charge is 0.137 e. The van der Waals surface area contributed by atoms with E-state index in [9.17, 15) is 4.39 Å². The molecule has 134 valence electrons. The zero-order chi connectivity index (χ0) is 17.7. The monoisotopic (exact) mass is 350 g/mol. The van der Waals surface area contributed by atoms with Gasteiger partial charge in [-0.1, -0.05) is 13.0 Å². The number of fused-ring (bicyclic) bond motifs is 1. The van der Waals surface area contributed by atoms with Crippen molar-refractivity contribution in [3.63, 3.8) is 0 Å². The number of imidazole rings is 1. The molecule has 0 aliphatic heterocycles. The summed E-state index contributed by atoms with van der Waals surface area (Å²) in [4.78, 5) is 9.29. The van der Waals surface area contributed by atoms with Crippen molar-refractivity contribution in [2.24, 2.45) is 0 Å². The zero-order valence-corrected chi connectivity index (χ0v) is 15.0. The van der Waals surface area contributed by atoms with E-state index >= 15 is 0 Å². The second-order valence-electron chi connectivity index (χ2n) is 7.95. The van der Waals surface area contributed by atoms with Gasteiger partial charge in [0, 0.05) is 6.20 Å². The Kier molecular flexibility index (Phi) is 3.52. The summed E-state index contributed by atoms with van der Waals surface area (Å²) in [6, 6.07) is 10.1. The van der Waals surface area contributed by atoms with E-state index in [1.165, 1.54) is 18.4 Å². The molecule has 0 bridgehead atoms. The van der Waals surface area contributed by atoms with Gasteiger partial charge in [-0.25, -0.2) is 14.4 Å². The van der Waals surface area contributed by atoms with Gasteiger partial charge in [-0.2, -0.15) is 0 Å². The molecule has 5 heteroatoms. The highest BCUT2D eigenvalue weighted by Gasteiger charge is 2.39. The summed E-state index contributed by atoms with van der Waals surface area (Å²) in [5.74, 6) is 0.731. The van der Waals surface area contributed by atoms with Crippen molar-refractivity contribution in [3.05, 3.63) is 48.3 Å². The molecule has 1 N–H and O–H groups in total. The molecule has 3 aromatic heterocycles. The summed E-state index contributed by atoms with van der Waals surface area (Å²) in [5.41, 5.74) is 4.45. The van der Waals surface area contributed by atoms with Crippen LogP contribution in [-0.4, -0.2) is 26.6 Å². The Morgan fingerprint density at radius 1 is 1.23 bits per heavy atom. The zero-order valence-electron chi connectivity index (χ0n) is 15.0. The Labute approximate surface area is 152 Å². The molecule has 3 aromatic rings. The van der Waals surface area contributed by atoms with Crippen LogP contribution in [0, 0.1) is 0 Å². The van der Waals surface area contributed by atoms with Crippen LogP contribution in [0.2, 0.25) is 0 Å². The Morgan fingerprint density at radius 3 is 2.88 bits per heavy atom. The summed E-state index contributed by atoms with van der Waals surface area (Å²) < 4.78 is 16.0. The van der Waals surface area contributed by atoms with Crippen LogP contribution in [0.25, 0.3) is 17.0 Å². The fraction of sp³-hybridized carbons (Fsp3) is 0.429. The van der Waals surface area contributed by atoms with Gasteiger partial charge >= 0.3 is 0 Å². The molecule has 0 amide bonds. The van der Waals surface area contributed by atoms with Gasteiger partial charge in [-0.15, -0.1) is 0 Å². The Bertz CT molecular complexity index is 960. The van der Waals surface area contributed by atoms with E-state index in [0.717, 1.165) is 35.7 Å². The predicted octanol–water partition coefficient (Wildman–Crippen LogP) is 4.75. The fourth-order valence-electron chi connectivity index (χ4n) is 3.95. The Hall–Kier alpha value is -2.43. The highest BCUT2D eigenvalue weighted by atomic mass is 19.1. The van der Waals surface area contributed by atoms with Crippen LogP contribution in [0.3, 0.4) is 0 Å². The minimum atomic E-state index is -0.779. The van der Waals surface area contributed by atoms with Crippen LogP contribution >= 0.6 is 0 Å². The van der Waals surface area contributed by atoms with Gasteiger partial charge in [0.05, 0.1) is 23.6 Å². The van der Waals surface area contributed by atoms with E-state index in [1.54, 1.807) is 0 Å². The maximum atomic E-state index is 13.9. The summed E-state index contributed by atoms with van der Waals surface area (Å²) in [7, 11) is 0. The first kappa shape index (κ1) is 15.8. The lowest BCUT2D eigenvalue weighted by atomic mass is 10.00. The number of aromatic nitrogens is 3. The van der Waals surface area contributed by atoms with Crippen molar-refractivity contribution >= 4 is 11.5 Å². The number of pyridine rings is 2. The number of halogens is 1. The van der Waals surface area contributed by atoms with Gasteiger partial charge in [0.1, 0.15) is 17.6 Å². The van der Waals surface area contributed by atoms with Gasteiger partial charge in [0.2, 0.25) is 0 Å². The van der Waals surface area contributed by atoms with Crippen LogP contribution in [0.1, 0.15) is 44.6 Å². The largest absolute Gasteiger partial charge is 0.364 e. The molecular formula is C21H23FN4. The molecular weight excluding hydrogens is 327 g/mol. The number of hydrogen-bond acceptors (Lipinski definition) is 3. The van der Waals surface area contributed by atoms with Crippen molar-refractivity contribution in [2.45, 2.75) is 56.7 Å². The SMILES string of the molecule is CC1(c2ccn3c(-c4cccc(N[C@H]5CCC[C@@H]5F)n4)cnc3c2)CC1. The molecule has 3 heterocycles. The lowest BCUT2D eigenvalue weighted by molar-refractivity contribution is 0.323. The molecule has 2 fully saturated rings. The van der Waals surface area contributed by atoms with E-state index in [-0.39, 0.29) is 6.04 Å². The molecule has 2 aliphatic rings. The van der Waals surface area contributed by atoms with E-state index in [1.807, 2.05) is 24.4 Å². The van der Waals surface area contributed by atoms with Gasteiger partial charge in [0.15, 0.2) is 0 Å². The van der Waals surface area contributed by atoms with Crippen LogP contribution in [0.4, 0.5) is 10.2 Å². The molecule has 0 saturated heterocycles. The topological polar surface area (TPSA) is 42.2 Å². The average molecular weight is 350 g/mol.